The van der Waals surface area contributed by atoms with E-state index in [0.29, 0.717) is 49.5 Å². The molecule has 5 N–H and O–H groups in total. The van der Waals surface area contributed by atoms with E-state index in [4.69, 9.17) is 52.5 Å². The number of fused-ring (bicyclic) bond motifs is 2. The fraction of sp³-hybridized carbons (Fsp3) is 0.545. The molecular formula is C44H64Cl2N22O4. The number of nitrogen functional groups attached to an aromatic ring is 2. The number of piperazine rings is 2. The Balaban J connectivity index is 0.000000189. The van der Waals surface area contributed by atoms with Crippen LogP contribution in [0.5, 0.6) is 0 Å². The number of halogens is 2. The second kappa shape index (κ2) is 25.3. The van der Waals surface area contributed by atoms with Gasteiger partial charge in [-0.3, -0.25) is 14.6 Å². The van der Waals surface area contributed by atoms with Gasteiger partial charge in [0.15, 0.2) is 11.3 Å². The number of urea groups is 1. The van der Waals surface area contributed by atoms with Gasteiger partial charge in [-0.15, -0.1) is 12.4 Å². The average molecular weight is 1040 g/mol. The number of nitrogens with zero attached hydrogens (tertiary/aromatic N) is 19. The third-order valence-electron chi connectivity index (χ3n) is 12.3. The van der Waals surface area contributed by atoms with Crippen molar-refractivity contribution in [2.45, 2.75) is 13.1 Å². The molecule has 0 unspecified atom stereocenters. The first-order chi connectivity index (χ1) is 34.4. The number of rotatable bonds is 10. The molecule has 6 aromatic rings. The number of amides is 3. The third-order valence-corrected chi connectivity index (χ3v) is 12.6. The molecule has 6 aromatic heterocycles. The fourth-order valence-electron chi connectivity index (χ4n) is 8.20. The van der Waals surface area contributed by atoms with Crippen molar-refractivity contribution in [1.29, 1.82) is 0 Å². The van der Waals surface area contributed by atoms with Crippen LogP contribution in [0.15, 0.2) is 37.4 Å². The molecule has 388 valence electrons. The summed E-state index contributed by atoms with van der Waals surface area (Å²) in [7, 11) is 6.76. The van der Waals surface area contributed by atoms with Crippen LogP contribution < -0.4 is 26.6 Å². The van der Waals surface area contributed by atoms with Crippen molar-refractivity contribution in [3.05, 3.63) is 37.4 Å². The van der Waals surface area contributed by atoms with E-state index in [9.17, 15) is 9.59 Å². The van der Waals surface area contributed by atoms with Gasteiger partial charge >= 0.3 is 11.4 Å². The number of aromatic nitrogens is 12. The van der Waals surface area contributed by atoms with Crippen LogP contribution >= 0.6 is 24.0 Å². The van der Waals surface area contributed by atoms with Crippen molar-refractivity contribution in [3.8, 4) is 22.5 Å². The summed E-state index contributed by atoms with van der Waals surface area (Å²) >= 11 is 4.90. The predicted octanol–water partition coefficient (Wildman–Crippen LogP) is 0.937. The highest BCUT2D eigenvalue weighted by Gasteiger charge is 2.25. The maximum absolute atomic E-state index is 12.2. The molecule has 4 fully saturated rings. The van der Waals surface area contributed by atoms with Crippen molar-refractivity contribution in [2.24, 2.45) is 0 Å². The Morgan fingerprint density at radius 1 is 0.583 bits per heavy atom. The fourth-order valence-corrected chi connectivity index (χ4v) is 8.20. The van der Waals surface area contributed by atoms with Crippen molar-refractivity contribution in [2.75, 3.05) is 168 Å². The number of nitrogens with two attached hydrogens (primary N) is 2. The first-order valence-electron chi connectivity index (χ1n) is 23.7. The van der Waals surface area contributed by atoms with E-state index < -0.39 is 5.37 Å². The zero-order valence-corrected chi connectivity index (χ0v) is 42.7. The predicted molar refractivity (Wildman–Crippen MR) is 276 cm³/mol. The summed E-state index contributed by atoms with van der Waals surface area (Å²) in [6.07, 6.45) is 10.4. The summed E-state index contributed by atoms with van der Waals surface area (Å²) in [5.41, 5.74) is 17.4. The molecular weight excluding hydrogens is 972 g/mol. The topological polar surface area (TPSA) is 278 Å². The number of ether oxygens (including phenoxy) is 2. The minimum Gasteiger partial charge on any atom is -0.378 e. The average Bonchev–Trinajstić information content (AvgIpc) is 4.02. The first-order valence-corrected chi connectivity index (χ1v) is 24.0. The Hall–Kier alpha value is -6.42. The summed E-state index contributed by atoms with van der Waals surface area (Å²) in [5, 5.41) is 2.96. The number of morpholine rings is 2. The molecule has 0 aromatic carbocycles. The maximum atomic E-state index is 12.2. The van der Waals surface area contributed by atoms with E-state index in [2.05, 4.69) is 64.0 Å². The zero-order valence-electron chi connectivity index (χ0n) is 41.2. The lowest BCUT2D eigenvalue weighted by atomic mass is 10.2. The van der Waals surface area contributed by atoms with Crippen LogP contribution in [-0.2, 0) is 22.6 Å². The molecule has 0 bridgehead atoms. The van der Waals surface area contributed by atoms with Crippen LogP contribution in [0.4, 0.5) is 33.4 Å². The van der Waals surface area contributed by atoms with E-state index in [0.717, 1.165) is 138 Å². The molecule has 4 aliphatic rings. The van der Waals surface area contributed by atoms with Gasteiger partial charge in [-0.2, -0.15) is 9.97 Å². The molecule has 72 heavy (non-hydrogen) atoms. The van der Waals surface area contributed by atoms with Gasteiger partial charge < -0.3 is 59.9 Å². The van der Waals surface area contributed by atoms with Crippen LogP contribution in [0.2, 0.25) is 0 Å². The molecule has 0 spiro atoms. The van der Waals surface area contributed by atoms with E-state index in [1.54, 1.807) is 57.9 Å². The zero-order chi connectivity index (χ0) is 49.9. The molecule has 4 aliphatic heterocycles. The largest absolute Gasteiger partial charge is 0.378 e. The van der Waals surface area contributed by atoms with E-state index in [1.165, 1.54) is 4.90 Å². The van der Waals surface area contributed by atoms with Gasteiger partial charge in [0.05, 0.1) is 39.1 Å². The number of imidazole rings is 2. The van der Waals surface area contributed by atoms with Gasteiger partial charge in [0.25, 0.3) is 0 Å². The van der Waals surface area contributed by atoms with Gasteiger partial charge in [-0.1, -0.05) is 0 Å². The Bertz CT molecular complexity index is 2680. The Morgan fingerprint density at radius 2 is 0.986 bits per heavy atom. The molecule has 28 heteroatoms. The number of nitrogens with one attached hydrogen (secondary N) is 1. The van der Waals surface area contributed by atoms with Crippen molar-refractivity contribution in [1.82, 2.24) is 88.8 Å². The second-order valence-corrected chi connectivity index (χ2v) is 17.9. The van der Waals surface area contributed by atoms with Crippen LogP contribution in [0.1, 0.15) is 0 Å². The smallest absolute Gasteiger partial charge is 0.319 e. The monoisotopic (exact) mass is 1030 g/mol. The molecule has 4 saturated heterocycles. The Labute approximate surface area is 428 Å². The Morgan fingerprint density at radius 3 is 1.38 bits per heavy atom. The highest BCUT2D eigenvalue weighted by molar-refractivity contribution is 6.62. The lowest BCUT2D eigenvalue weighted by molar-refractivity contribution is 0.121. The molecule has 3 amide bonds. The van der Waals surface area contributed by atoms with Crippen LogP contribution in [0, 0.1) is 0 Å². The molecule has 0 atom stereocenters. The van der Waals surface area contributed by atoms with Gasteiger partial charge in [0, 0.05) is 169 Å². The Kier molecular flexibility index (Phi) is 18.8. The van der Waals surface area contributed by atoms with E-state index >= 15 is 0 Å². The number of hydrogen-bond acceptors (Lipinski definition) is 21. The van der Waals surface area contributed by atoms with Gasteiger partial charge in [0.2, 0.25) is 23.8 Å². The minimum absolute atomic E-state index is 0. The standard InChI is InChI=1S/C22H31N11O2.C19H26N10O.C3H6ClNO.ClH/c1-29(2)22(34)32-6-3-30(4-7-32)5-8-33-15-26-18-17(16-13-24-20(23)25-14-16)27-21(28-19(18)33)31-9-11-35-12-10-31;20-18-22-11-14(12-23-18)15-16-17(26-19(25-15)28-7-9-30-10-8-28)29(13-24-16)6-5-27-3-1-21-2-4-27;1-5(2)3(4)6;/h13-15H,3-12H2,1-2H3,(H2,23,24,25);11-13,21H,1-10H2,(H2,20,22,23);1-2H3;1H. The van der Waals surface area contributed by atoms with Crippen molar-refractivity contribution >= 4 is 81.5 Å². The lowest BCUT2D eigenvalue weighted by Gasteiger charge is -2.35. The summed E-state index contributed by atoms with van der Waals surface area (Å²) in [5.74, 6) is 1.77. The van der Waals surface area contributed by atoms with Crippen LogP contribution in [0.25, 0.3) is 44.8 Å². The molecule has 10 heterocycles. The molecule has 10 rings (SSSR count). The summed E-state index contributed by atoms with van der Waals surface area (Å²) in [4.78, 5) is 81.3. The van der Waals surface area contributed by atoms with Gasteiger partial charge in [-0.05, 0) is 11.6 Å². The van der Waals surface area contributed by atoms with Crippen LogP contribution in [-0.4, -0.2) is 241 Å². The highest BCUT2D eigenvalue weighted by atomic mass is 35.5. The molecule has 0 saturated carbocycles. The number of hydrogen-bond donors (Lipinski definition) is 3. The van der Waals surface area contributed by atoms with Crippen LogP contribution in [0.3, 0.4) is 0 Å². The highest BCUT2D eigenvalue weighted by Crippen LogP contribution is 2.29. The second-order valence-electron chi connectivity index (χ2n) is 17.6. The summed E-state index contributed by atoms with van der Waals surface area (Å²) < 4.78 is 15.2. The number of carbonyl (C=O) groups is 2. The number of anilines is 4. The summed E-state index contributed by atoms with van der Waals surface area (Å²) in [6, 6.07) is 0.0665. The summed E-state index contributed by atoms with van der Waals surface area (Å²) in [6.45, 7) is 16.3. The quantitative estimate of drug-likeness (QED) is 0.127. The van der Waals surface area contributed by atoms with Crippen molar-refractivity contribution < 1.29 is 19.1 Å². The lowest BCUT2D eigenvalue weighted by Crippen LogP contribution is -2.51. The minimum atomic E-state index is -0.435. The number of carbonyl (C=O) groups excluding carboxylic acids is 2. The first kappa shape index (κ1) is 53.4. The molecule has 0 aliphatic carbocycles. The molecule has 0 radical (unpaired) electrons. The van der Waals surface area contributed by atoms with Gasteiger partial charge in [0.1, 0.15) is 22.4 Å². The third kappa shape index (κ3) is 13.5. The van der Waals surface area contributed by atoms with Crippen molar-refractivity contribution in [3.63, 3.8) is 0 Å². The normalized spacial score (nSPS) is 16.6. The maximum Gasteiger partial charge on any atom is 0.319 e. The molecule has 26 nitrogen and oxygen atoms in total. The van der Waals surface area contributed by atoms with Gasteiger partial charge in [-0.25, -0.2) is 44.7 Å². The van der Waals surface area contributed by atoms with E-state index in [-0.39, 0.29) is 30.3 Å². The van der Waals surface area contributed by atoms with E-state index in [1.807, 2.05) is 17.6 Å². The SMILES string of the molecule is CN(C)C(=O)Cl.CN(C)C(=O)N1CCN(CCn2cnc3c(-c4cnc(N)nc4)nc(N4CCOCC4)nc32)CC1.Cl.Nc1ncc(-c2nc(N3CCOCC3)nc3c2ncn3CCN2CCNCC2)cn1.